The monoisotopic (exact) mass is 400 g/mol. The molecule has 0 unspecified atom stereocenters. The Kier molecular flexibility index (Phi) is 4.45. The van der Waals surface area contributed by atoms with Gasteiger partial charge in [0.2, 0.25) is 0 Å². The highest BCUT2D eigenvalue weighted by Gasteiger charge is 2.17. The van der Waals surface area contributed by atoms with Gasteiger partial charge in [-0.2, -0.15) is 0 Å². The Labute approximate surface area is 162 Å². The van der Waals surface area contributed by atoms with E-state index < -0.39 is 5.82 Å². The average Bonchev–Trinajstić information content (AvgIpc) is 3.11. The van der Waals surface area contributed by atoms with Gasteiger partial charge in [-0.15, -0.1) is 11.3 Å². The van der Waals surface area contributed by atoms with Crippen LogP contribution in [-0.2, 0) is 6.54 Å². The molecule has 0 radical (unpaired) electrons. The lowest BCUT2D eigenvalue weighted by molar-refractivity contribution is 0.103. The van der Waals surface area contributed by atoms with E-state index >= 15 is 0 Å². The van der Waals surface area contributed by atoms with Crippen LogP contribution in [0.1, 0.15) is 16.6 Å². The Hall–Kier alpha value is -2.70. The minimum absolute atomic E-state index is 0.0685. The highest BCUT2D eigenvalue weighted by molar-refractivity contribution is 7.21. The van der Waals surface area contributed by atoms with E-state index in [1.54, 1.807) is 10.6 Å². The predicted octanol–water partition coefficient (Wildman–Crippen LogP) is 5.28. The van der Waals surface area contributed by atoms with E-state index in [0.717, 1.165) is 15.6 Å². The minimum atomic E-state index is -0.553. The topological polar surface area (TPSA) is 51.1 Å². The number of amides is 1. The first-order chi connectivity index (χ1) is 13.0. The van der Waals surface area contributed by atoms with Crippen LogP contribution in [0.25, 0.3) is 21.0 Å². The summed E-state index contributed by atoms with van der Waals surface area (Å²) in [5, 5.41) is 4.08. The van der Waals surface area contributed by atoms with Crippen molar-refractivity contribution in [3.8, 4) is 0 Å². The van der Waals surface area contributed by atoms with Crippen molar-refractivity contribution >= 4 is 55.5 Å². The molecule has 0 atom stereocenters. The molecular formula is C20H14ClFN2O2S. The first-order valence-corrected chi connectivity index (χ1v) is 9.50. The van der Waals surface area contributed by atoms with Gasteiger partial charge in [-0.3, -0.25) is 9.59 Å². The van der Waals surface area contributed by atoms with Crippen LogP contribution in [0.15, 0.2) is 53.3 Å². The number of pyridine rings is 1. The summed E-state index contributed by atoms with van der Waals surface area (Å²) in [7, 11) is 0. The lowest BCUT2D eigenvalue weighted by atomic mass is 10.1. The zero-order valence-corrected chi connectivity index (χ0v) is 15.8. The van der Waals surface area contributed by atoms with E-state index in [9.17, 15) is 14.0 Å². The number of fused-ring (bicyclic) bond motifs is 3. The van der Waals surface area contributed by atoms with Gasteiger partial charge in [-0.1, -0.05) is 29.8 Å². The highest BCUT2D eigenvalue weighted by Crippen LogP contribution is 2.31. The number of hydrogen-bond donors (Lipinski definition) is 1. The Bertz CT molecular complexity index is 1260. The quantitative estimate of drug-likeness (QED) is 0.508. The molecule has 2 aromatic heterocycles. The van der Waals surface area contributed by atoms with Crippen LogP contribution in [0.2, 0.25) is 5.02 Å². The van der Waals surface area contributed by atoms with Crippen molar-refractivity contribution in [2.75, 3.05) is 5.32 Å². The number of rotatable bonds is 3. The highest BCUT2D eigenvalue weighted by atomic mass is 35.5. The van der Waals surface area contributed by atoms with Crippen LogP contribution >= 0.6 is 22.9 Å². The van der Waals surface area contributed by atoms with E-state index in [0.29, 0.717) is 22.5 Å². The Morgan fingerprint density at radius 3 is 2.70 bits per heavy atom. The summed E-state index contributed by atoms with van der Waals surface area (Å²) >= 11 is 7.02. The molecule has 0 fully saturated rings. The molecule has 4 aromatic rings. The SMILES string of the molecule is CCn1c(=O)c2cc(C(=O)Nc3ccc(F)c(Cl)c3)sc2c2ccccc21. The summed E-state index contributed by atoms with van der Waals surface area (Å²) in [6.45, 7) is 2.46. The molecule has 0 spiro atoms. The largest absolute Gasteiger partial charge is 0.321 e. The number of hydrogen-bond acceptors (Lipinski definition) is 3. The molecule has 1 N–H and O–H groups in total. The molecule has 27 heavy (non-hydrogen) atoms. The number of para-hydroxylation sites is 1. The third kappa shape index (κ3) is 3.01. The summed E-state index contributed by atoms with van der Waals surface area (Å²) in [4.78, 5) is 25.9. The molecule has 0 bridgehead atoms. The second-order valence-corrected chi connectivity index (χ2v) is 7.46. The van der Waals surface area contributed by atoms with E-state index in [4.69, 9.17) is 11.6 Å². The van der Waals surface area contributed by atoms with Crippen LogP contribution in [0.5, 0.6) is 0 Å². The van der Waals surface area contributed by atoms with E-state index in [1.807, 2.05) is 31.2 Å². The summed E-state index contributed by atoms with van der Waals surface area (Å²) in [5.41, 5.74) is 1.11. The second kappa shape index (κ2) is 6.79. The van der Waals surface area contributed by atoms with Crippen molar-refractivity contribution < 1.29 is 9.18 Å². The fraction of sp³-hybridized carbons (Fsp3) is 0.100. The lowest BCUT2D eigenvalue weighted by Crippen LogP contribution is -2.19. The molecule has 7 heteroatoms. The summed E-state index contributed by atoms with van der Waals surface area (Å²) in [6.07, 6.45) is 0. The molecular weight excluding hydrogens is 387 g/mol. The van der Waals surface area contributed by atoms with Gasteiger partial charge < -0.3 is 9.88 Å². The second-order valence-electron chi connectivity index (χ2n) is 6.00. The predicted molar refractivity (Wildman–Crippen MR) is 109 cm³/mol. The standard InChI is InChI=1S/C20H14ClFN2O2S/c1-2-24-16-6-4-3-5-12(16)18-13(20(24)26)10-17(27-18)19(25)23-11-7-8-15(22)14(21)9-11/h3-10H,2H2,1H3,(H,23,25). The number of anilines is 1. The van der Waals surface area contributed by atoms with Crippen LogP contribution < -0.4 is 10.9 Å². The Morgan fingerprint density at radius 2 is 1.96 bits per heavy atom. The fourth-order valence-electron chi connectivity index (χ4n) is 3.10. The summed E-state index contributed by atoms with van der Waals surface area (Å²) in [5.74, 6) is -0.923. The third-order valence-electron chi connectivity index (χ3n) is 4.36. The average molecular weight is 401 g/mol. The number of thiophene rings is 1. The molecule has 2 heterocycles. The smallest absolute Gasteiger partial charge is 0.265 e. The molecule has 0 saturated heterocycles. The maximum atomic E-state index is 13.3. The van der Waals surface area contributed by atoms with Crippen LogP contribution in [0, 0.1) is 5.82 Å². The van der Waals surface area contributed by atoms with Gasteiger partial charge in [0.25, 0.3) is 11.5 Å². The van der Waals surface area contributed by atoms with Gasteiger partial charge in [-0.25, -0.2) is 4.39 Å². The molecule has 0 aliphatic rings. The van der Waals surface area contributed by atoms with Crippen molar-refractivity contribution in [3.05, 3.63) is 74.6 Å². The van der Waals surface area contributed by atoms with E-state index in [-0.39, 0.29) is 16.5 Å². The number of carbonyl (C=O) groups excluding carboxylic acids is 1. The fourth-order valence-corrected chi connectivity index (χ4v) is 4.36. The minimum Gasteiger partial charge on any atom is -0.321 e. The van der Waals surface area contributed by atoms with Gasteiger partial charge in [0.15, 0.2) is 0 Å². The van der Waals surface area contributed by atoms with Crippen molar-refractivity contribution in [1.29, 1.82) is 0 Å². The molecule has 2 aromatic carbocycles. The number of halogens is 2. The Balaban J connectivity index is 1.82. The van der Waals surface area contributed by atoms with Gasteiger partial charge in [0.05, 0.1) is 20.8 Å². The molecule has 4 rings (SSSR count). The molecule has 1 amide bonds. The van der Waals surface area contributed by atoms with Gasteiger partial charge in [-0.05, 0) is 37.3 Å². The van der Waals surface area contributed by atoms with Gasteiger partial charge >= 0.3 is 0 Å². The number of nitrogens with one attached hydrogen (secondary N) is 1. The van der Waals surface area contributed by atoms with Gasteiger partial charge in [0, 0.05) is 22.3 Å². The number of nitrogens with zero attached hydrogens (tertiary/aromatic N) is 1. The first-order valence-electron chi connectivity index (χ1n) is 8.31. The zero-order chi connectivity index (χ0) is 19.1. The molecule has 0 aliphatic heterocycles. The normalized spacial score (nSPS) is 11.2. The first kappa shape index (κ1) is 17.7. The third-order valence-corrected chi connectivity index (χ3v) is 5.82. The van der Waals surface area contributed by atoms with E-state index in [2.05, 4.69) is 5.32 Å². The van der Waals surface area contributed by atoms with Crippen molar-refractivity contribution in [1.82, 2.24) is 4.57 Å². The number of aromatic nitrogens is 1. The van der Waals surface area contributed by atoms with Crippen LogP contribution in [0.3, 0.4) is 0 Å². The van der Waals surface area contributed by atoms with Crippen molar-refractivity contribution in [2.24, 2.45) is 0 Å². The lowest BCUT2D eigenvalue weighted by Gasteiger charge is -2.08. The van der Waals surface area contributed by atoms with Crippen molar-refractivity contribution in [2.45, 2.75) is 13.5 Å². The molecule has 4 nitrogen and oxygen atoms in total. The molecule has 0 saturated carbocycles. The number of carbonyl (C=O) groups is 1. The van der Waals surface area contributed by atoms with E-state index in [1.165, 1.54) is 29.5 Å². The number of benzene rings is 2. The molecule has 136 valence electrons. The maximum absolute atomic E-state index is 13.3. The summed E-state index contributed by atoms with van der Waals surface area (Å²) < 4.78 is 15.8. The van der Waals surface area contributed by atoms with Crippen LogP contribution in [-0.4, -0.2) is 10.5 Å². The zero-order valence-electron chi connectivity index (χ0n) is 14.3. The maximum Gasteiger partial charge on any atom is 0.265 e. The Morgan fingerprint density at radius 1 is 1.19 bits per heavy atom. The molecule has 0 aliphatic carbocycles. The van der Waals surface area contributed by atoms with Gasteiger partial charge in [0.1, 0.15) is 5.82 Å². The van der Waals surface area contributed by atoms with Crippen LogP contribution in [0.4, 0.5) is 10.1 Å². The number of aryl methyl sites for hydroxylation is 1. The summed E-state index contributed by atoms with van der Waals surface area (Å²) in [6, 6.07) is 13.2. The van der Waals surface area contributed by atoms with Crippen molar-refractivity contribution in [3.63, 3.8) is 0 Å².